The first kappa shape index (κ1) is 13.7. The minimum atomic E-state index is 0.168. The van der Waals surface area contributed by atoms with Crippen LogP contribution in [-0.2, 0) is 11.8 Å². The highest BCUT2D eigenvalue weighted by atomic mass is 15.3. The van der Waals surface area contributed by atoms with Gasteiger partial charge in [-0.1, -0.05) is 46.2 Å². The van der Waals surface area contributed by atoms with Crippen molar-refractivity contribution in [1.29, 1.82) is 0 Å². The van der Waals surface area contributed by atoms with Crippen LogP contribution < -0.4 is 5.73 Å². The molecule has 102 valence electrons. The van der Waals surface area contributed by atoms with Crippen molar-refractivity contribution in [2.24, 2.45) is 0 Å². The normalized spacial score (nSPS) is 11.8. The van der Waals surface area contributed by atoms with E-state index in [4.69, 9.17) is 5.73 Å². The van der Waals surface area contributed by atoms with Crippen LogP contribution in [0.25, 0.3) is 5.69 Å². The zero-order valence-electron chi connectivity index (χ0n) is 12.3. The largest absolute Gasteiger partial charge is 0.384 e. The van der Waals surface area contributed by atoms with Crippen molar-refractivity contribution in [2.45, 2.75) is 46.0 Å². The third-order valence-electron chi connectivity index (χ3n) is 3.27. The molecule has 0 radical (unpaired) electrons. The lowest BCUT2D eigenvalue weighted by Crippen LogP contribution is -2.11. The van der Waals surface area contributed by atoms with Crippen molar-refractivity contribution in [2.75, 3.05) is 5.73 Å². The van der Waals surface area contributed by atoms with Crippen molar-refractivity contribution in [3.63, 3.8) is 0 Å². The summed E-state index contributed by atoms with van der Waals surface area (Å²) >= 11 is 0. The molecule has 0 aliphatic carbocycles. The van der Waals surface area contributed by atoms with Gasteiger partial charge in [-0.3, -0.25) is 0 Å². The van der Waals surface area contributed by atoms with Crippen LogP contribution in [0.3, 0.4) is 0 Å². The Labute approximate surface area is 115 Å². The molecule has 0 saturated carbocycles. The number of hydrogen-bond acceptors (Lipinski definition) is 2. The first-order chi connectivity index (χ1) is 8.91. The predicted molar refractivity (Wildman–Crippen MR) is 80.7 cm³/mol. The van der Waals surface area contributed by atoms with Crippen LogP contribution in [-0.4, -0.2) is 9.78 Å². The SMILES string of the molecule is CCCc1cc(N)n(-c2ccc(C(C)(C)C)cc2)n1. The highest BCUT2D eigenvalue weighted by Gasteiger charge is 2.13. The summed E-state index contributed by atoms with van der Waals surface area (Å²) < 4.78 is 1.82. The second-order valence-corrected chi connectivity index (χ2v) is 6.02. The number of rotatable bonds is 3. The van der Waals surface area contributed by atoms with Crippen molar-refractivity contribution in [3.05, 3.63) is 41.6 Å². The Bertz CT molecular complexity index is 544. The fraction of sp³-hybridized carbons (Fsp3) is 0.438. The molecular weight excluding hydrogens is 234 g/mol. The van der Waals surface area contributed by atoms with E-state index < -0.39 is 0 Å². The maximum atomic E-state index is 6.03. The van der Waals surface area contributed by atoms with Crippen molar-refractivity contribution >= 4 is 5.82 Å². The van der Waals surface area contributed by atoms with E-state index >= 15 is 0 Å². The molecule has 0 atom stereocenters. The van der Waals surface area contributed by atoms with Crippen LogP contribution in [0, 0.1) is 0 Å². The molecular formula is C16H23N3. The van der Waals surface area contributed by atoms with Gasteiger partial charge in [0.2, 0.25) is 0 Å². The molecule has 0 saturated heterocycles. The maximum Gasteiger partial charge on any atom is 0.127 e. The Morgan fingerprint density at radius 3 is 2.32 bits per heavy atom. The van der Waals surface area contributed by atoms with E-state index in [9.17, 15) is 0 Å². The van der Waals surface area contributed by atoms with Gasteiger partial charge in [-0.25, -0.2) is 4.68 Å². The van der Waals surface area contributed by atoms with Crippen LogP contribution in [0.4, 0.5) is 5.82 Å². The van der Waals surface area contributed by atoms with Crippen LogP contribution in [0.1, 0.15) is 45.4 Å². The minimum Gasteiger partial charge on any atom is -0.384 e. The molecule has 1 heterocycles. The number of aryl methyl sites for hydroxylation is 1. The van der Waals surface area contributed by atoms with Gasteiger partial charge >= 0.3 is 0 Å². The Morgan fingerprint density at radius 1 is 1.16 bits per heavy atom. The summed E-state index contributed by atoms with van der Waals surface area (Å²) in [6.45, 7) is 8.78. The molecule has 0 unspecified atom stereocenters. The zero-order valence-corrected chi connectivity index (χ0v) is 12.3. The molecule has 2 aromatic rings. The van der Waals surface area contributed by atoms with Crippen molar-refractivity contribution < 1.29 is 0 Å². The number of anilines is 1. The second kappa shape index (κ2) is 5.08. The minimum absolute atomic E-state index is 0.168. The lowest BCUT2D eigenvalue weighted by Gasteiger charge is -2.19. The van der Waals surface area contributed by atoms with E-state index in [-0.39, 0.29) is 5.41 Å². The first-order valence-corrected chi connectivity index (χ1v) is 6.87. The van der Waals surface area contributed by atoms with Gasteiger partial charge < -0.3 is 5.73 Å². The third kappa shape index (κ3) is 2.98. The van der Waals surface area contributed by atoms with E-state index in [0.717, 1.165) is 24.2 Å². The van der Waals surface area contributed by atoms with E-state index in [2.05, 4.69) is 57.1 Å². The average Bonchev–Trinajstić information content (AvgIpc) is 2.70. The molecule has 3 heteroatoms. The molecule has 2 N–H and O–H groups in total. The van der Waals surface area contributed by atoms with E-state index in [0.29, 0.717) is 5.82 Å². The molecule has 2 rings (SSSR count). The number of aromatic nitrogens is 2. The Kier molecular flexibility index (Phi) is 3.65. The van der Waals surface area contributed by atoms with Crippen LogP contribution >= 0.6 is 0 Å². The van der Waals surface area contributed by atoms with Crippen molar-refractivity contribution in [3.8, 4) is 5.69 Å². The second-order valence-electron chi connectivity index (χ2n) is 6.02. The smallest absolute Gasteiger partial charge is 0.127 e. The van der Waals surface area contributed by atoms with E-state index in [1.165, 1.54) is 5.56 Å². The fourth-order valence-electron chi connectivity index (χ4n) is 2.13. The number of nitrogens with two attached hydrogens (primary N) is 1. The number of hydrogen-bond donors (Lipinski definition) is 1. The van der Waals surface area contributed by atoms with Gasteiger partial charge in [0.25, 0.3) is 0 Å². The molecule has 0 fully saturated rings. The standard InChI is InChI=1S/C16H23N3/c1-5-6-13-11-15(17)19(18-13)14-9-7-12(8-10-14)16(2,3)4/h7-11H,5-6,17H2,1-4H3. The summed E-state index contributed by atoms with van der Waals surface area (Å²) in [6, 6.07) is 10.4. The van der Waals surface area contributed by atoms with Gasteiger partial charge in [0.1, 0.15) is 5.82 Å². The average molecular weight is 257 g/mol. The Balaban J connectivity index is 2.32. The monoisotopic (exact) mass is 257 g/mol. The molecule has 0 aliphatic rings. The molecule has 3 nitrogen and oxygen atoms in total. The summed E-state index contributed by atoms with van der Waals surface area (Å²) in [6.07, 6.45) is 2.05. The quantitative estimate of drug-likeness (QED) is 0.911. The van der Waals surface area contributed by atoms with Gasteiger partial charge in [-0.15, -0.1) is 0 Å². The van der Waals surface area contributed by atoms with Crippen LogP contribution in [0.15, 0.2) is 30.3 Å². The third-order valence-corrected chi connectivity index (χ3v) is 3.27. The highest BCUT2D eigenvalue weighted by molar-refractivity contribution is 5.44. The molecule has 1 aromatic carbocycles. The molecule has 0 spiro atoms. The topological polar surface area (TPSA) is 43.8 Å². The number of nitrogens with zero attached hydrogens (tertiary/aromatic N) is 2. The molecule has 19 heavy (non-hydrogen) atoms. The predicted octanol–water partition coefficient (Wildman–Crippen LogP) is 3.70. The Hall–Kier alpha value is -1.77. The lowest BCUT2D eigenvalue weighted by molar-refractivity contribution is 0.590. The molecule has 1 aromatic heterocycles. The van der Waals surface area contributed by atoms with Gasteiger partial charge in [0.05, 0.1) is 11.4 Å². The van der Waals surface area contributed by atoms with Crippen molar-refractivity contribution in [1.82, 2.24) is 9.78 Å². The summed E-state index contributed by atoms with van der Waals surface area (Å²) in [7, 11) is 0. The van der Waals surface area contributed by atoms with E-state index in [1.54, 1.807) is 0 Å². The van der Waals surface area contributed by atoms with Gasteiger partial charge in [-0.05, 0) is 29.5 Å². The van der Waals surface area contributed by atoms with Crippen LogP contribution in [0.2, 0.25) is 0 Å². The van der Waals surface area contributed by atoms with Crippen LogP contribution in [0.5, 0.6) is 0 Å². The molecule has 0 amide bonds. The molecule has 0 bridgehead atoms. The zero-order chi connectivity index (χ0) is 14.0. The summed E-state index contributed by atoms with van der Waals surface area (Å²) in [4.78, 5) is 0. The number of benzene rings is 1. The highest BCUT2D eigenvalue weighted by Crippen LogP contribution is 2.24. The maximum absolute atomic E-state index is 6.03. The molecule has 0 aliphatic heterocycles. The van der Waals surface area contributed by atoms with E-state index in [1.807, 2.05) is 10.7 Å². The summed E-state index contributed by atoms with van der Waals surface area (Å²) in [5, 5.41) is 4.55. The van der Waals surface area contributed by atoms with Gasteiger partial charge in [0.15, 0.2) is 0 Å². The number of nitrogen functional groups attached to an aromatic ring is 1. The first-order valence-electron chi connectivity index (χ1n) is 6.87. The van der Waals surface area contributed by atoms with Gasteiger partial charge in [-0.2, -0.15) is 5.10 Å². The van der Waals surface area contributed by atoms with Gasteiger partial charge in [0, 0.05) is 6.07 Å². The summed E-state index contributed by atoms with van der Waals surface area (Å²) in [5.41, 5.74) is 9.59. The summed E-state index contributed by atoms with van der Waals surface area (Å²) in [5.74, 6) is 0.701. The Morgan fingerprint density at radius 2 is 1.79 bits per heavy atom. The fourth-order valence-corrected chi connectivity index (χ4v) is 2.13. The lowest BCUT2D eigenvalue weighted by atomic mass is 9.87.